The number of ether oxygens (including phenoxy) is 1. The van der Waals surface area contributed by atoms with Gasteiger partial charge >= 0.3 is 12.0 Å². The first-order valence-corrected chi connectivity index (χ1v) is 6.61. The molecule has 2 unspecified atom stereocenters. The highest BCUT2D eigenvalue weighted by atomic mass is 16.6. The van der Waals surface area contributed by atoms with E-state index in [2.05, 4.69) is 0 Å². The van der Waals surface area contributed by atoms with Gasteiger partial charge in [-0.1, -0.05) is 6.92 Å². The van der Waals surface area contributed by atoms with Gasteiger partial charge in [0.2, 0.25) is 6.23 Å². The van der Waals surface area contributed by atoms with E-state index in [0.29, 0.717) is 30.9 Å². The van der Waals surface area contributed by atoms with Crippen LogP contribution in [0.25, 0.3) is 0 Å². The molecule has 0 aromatic rings. The molecule has 2 fully saturated rings. The maximum atomic E-state index is 11.9. The first kappa shape index (κ1) is 13.1. The Hall–Kier alpha value is -1.30. The van der Waals surface area contributed by atoms with E-state index in [4.69, 9.17) is 4.74 Å². The largest absolute Gasteiger partial charge is 0.439 e. The monoisotopic (exact) mass is 256 g/mol. The molecule has 2 rings (SSSR count). The van der Waals surface area contributed by atoms with Crippen molar-refractivity contribution in [1.82, 2.24) is 9.96 Å². The molecule has 0 aliphatic carbocycles. The van der Waals surface area contributed by atoms with Gasteiger partial charge in [0, 0.05) is 25.4 Å². The second-order valence-electron chi connectivity index (χ2n) is 4.90. The molecule has 0 aromatic carbocycles. The zero-order valence-electron chi connectivity index (χ0n) is 10.7. The van der Waals surface area contributed by atoms with Crippen LogP contribution in [0, 0.1) is 0 Å². The first-order chi connectivity index (χ1) is 8.63. The lowest BCUT2D eigenvalue weighted by molar-refractivity contribution is -0.212. The van der Waals surface area contributed by atoms with Gasteiger partial charge in [0.25, 0.3) is 0 Å². The molecule has 2 atom stereocenters. The van der Waals surface area contributed by atoms with Crippen molar-refractivity contribution in [2.24, 2.45) is 0 Å². The van der Waals surface area contributed by atoms with Crippen molar-refractivity contribution in [3.8, 4) is 0 Å². The molecule has 6 nitrogen and oxygen atoms in total. The van der Waals surface area contributed by atoms with E-state index in [-0.39, 0.29) is 12.0 Å². The van der Waals surface area contributed by atoms with Crippen molar-refractivity contribution in [2.45, 2.75) is 57.7 Å². The fourth-order valence-corrected chi connectivity index (χ4v) is 2.60. The molecular weight excluding hydrogens is 236 g/mol. The number of carbonyl (C=O) groups excluding carboxylic acids is 2. The van der Waals surface area contributed by atoms with E-state index in [1.807, 2.05) is 6.92 Å². The Morgan fingerprint density at radius 3 is 3.00 bits per heavy atom. The average molecular weight is 256 g/mol. The van der Waals surface area contributed by atoms with E-state index in [1.165, 1.54) is 0 Å². The normalized spacial score (nSPS) is 28.0. The fourth-order valence-electron chi connectivity index (χ4n) is 2.60. The number of hydroxylamine groups is 2. The van der Waals surface area contributed by atoms with Crippen LogP contribution in [0.15, 0.2) is 0 Å². The van der Waals surface area contributed by atoms with Gasteiger partial charge in [-0.3, -0.25) is 10.0 Å². The van der Waals surface area contributed by atoms with Gasteiger partial charge in [-0.2, -0.15) is 5.06 Å². The minimum Gasteiger partial charge on any atom is -0.439 e. The second-order valence-corrected chi connectivity index (χ2v) is 4.90. The van der Waals surface area contributed by atoms with Crippen LogP contribution in [-0.2, 0) is 9.53 Å². The summed E-state index contributed by atoms with van der Waals surface area (Å²) in [5.74, 6) is -0.362. The molecule has 2 aliphatic rings. The molecule has 0 spiro atoms. The van der Waals surface area contributed by atoms with Crippen LogP contribution in [0.4, 0.5) is 4.79 Å². The van der Waals surface area contributed by atoms with Crippen LogP contribution in [-0.4, -0.2) is 46.0 Å². The minimum absolute atomic E-state index is 0.0917. The number of amides is 2. The molecule has 2 heterocycles. The highest BCUT2D eigenvalue weighted by Gasteiger charge is 2.41. The van der Waals surface area contributed by atoms with E-state index >= 15 is 0 Å². The number of fused-ring (bicyclic) bond motifs is 1. The van der Waals surface area contributed by atoms with Gasteiger partial charge in [-0.25, -0.2) is 4.79 Å². The Labute approximate surface area is 106 Å². The van der Waals surface area contributed by atoms with Crippen molar-refractivity contribution in [3.63, 3.8) is 0 Å². The van der Waals surface area contributed by atoms with Crippen LogP contribution in [0.5, 0.6) is 0 Å². The molecule has 18 heavy (non-hydrogen) atoms. The lowest BCUT2D eigenvalue weighted by atomic mass is 9.97. The van der Waals surface area contributed by atoms with E-state index < -0.39 is 12.3 Å². The third kappa shape index (κ3) is 2.58. The Morgan fingerprint density at radius 1 is 1.50 bits per heavy atom. The van der Waals surface area contributed by atoms with Gasteiger partial charge in [0.1, 0.15) is 0 Å². The SMILES string of the molecule is CCCC(=O)OC1CC2CCCCN2C(=O)N1O. The molecular formula is C12H20N2O4. The summed E-state index contributed by atoms with van der Waals surface area (Å²) in [5.41, 5.74) is 0. The van der Waals surface area contributed by atoms with Crippen molar-refractivity contribution in [1.29, 1.82) is 0 Å². The van der Waals surface area contributed by atoms with E-state index in [0.717, 1.165) is 19.3 Å². The Balaban J connectivity index is 1.99. The number of hydrogen-bond donors (Lipinski definition) is 1. The Kier molecular flexibility index (Phi) is 4.06. The Bertz CT molecular complexity index is 334. The van der Waals surface area contributed by atoms with Gasteiger partial charge in [0.05, 0.1) is 0 Å². The zero-order chi connectivity index (χ0) is 13.1. The van der Waals surface area contributed by atoms with Crippen LogP contribution in [0.2, 0.25) is 0 Å². The molecule has 0 radical (unpaired) electrons. The number of carbonyl (C=O) groups is 2. The van der Waals surface area contributed by atoms with Crippen molar-refractivity contribution >= 4 is 12.0 Å². The predicted molar refractivity (Wildman–Crippen MR) is 62.8 cm³/mol. The third-order valence-electron chi connectivity index (χ3n) is 3.54. The third-order valence-corrected chi connectivity index (χ3v) is 3.54. The highest BCUT2D eigenvalue weighted by Crippen LogP contribution is 2.28. The topological polar surface area (TPSA) is 70.1 Å². The first-order valence-electron chi connectivity index (χ1n) is 6.61. The molecule has 2 amide bonds. The molecule has 2 saturated heterocycles. The number of rotatable bonds is 3. The summed E-state index contributed by atoms with van der Waals surface area (Å²) in [5, 5.41) is 10.3. The highest BCUT2D eigenvalue weighted by molar-refractivity contribution is 5.75. The van der Waals surface area contributed by atoms with Gasteiger partial charge in [0.15, 0.2) is 0 Å². The summed E-state index contributed by atoms with van der Waals surface area (Å²) in [6, 6.07) is -0.352. The summed E-state index contributed by atoms with van der Waals surface area (Å²) in [6.07, 6.45) is 3.65. The predicted octanol–water partition coefficient (Wildman–Crippen LogP) is 1.73. The maximum absolute atomic E-state index is 11.9. The molecule has 6 heteroatoms. The van der Waals surface area contributed by atoms with Crippen molar-refractivity contribution in [3.05, 3.63) is 0 Å². The molecule has 0 bridgehead atoms. The van der Waals surface area contributed by atoms with Gasteiger partial charge in [-0.05, 0) is 25.7 Å². The number of piperidine rings is 1. The van der Waals surface area contributed by atoms with Crippen molar-refractivity contribution < 1.29 is 19.5 Å². The zero-order valence-corrected chi connectivity index (χ0v) is 10.7. The molecule has 0 saturated carbocycles. The number of esters is 1. The molecule has 102 valence electrons. The van der Waals surface area contributed by atoms with Crippen LogP contribution >= 0.6 is 0 Å². The number of urea groups is 1. The lowest BCUT2D eigenvalue weighted by Gasteiger charge is -2.44. The average Bonchev–Trinajstić information content (AvgIpc) is 2.36. The smallest absolute Gasteiger partial charge is 0.347 e. The fraction of sp³-hybridized carbons (Fsp3) is 0.833. The summed E-state index contributed by atoms with van der Waals surface area (Å²) < 4.78 is 5.15. The maximum Gasteiger partial charge on any atom is 0.347 e. The van der Waals surface area contributed by atoms with Crippen LogP contribution in [0.1, 0.15) is 45.4 Å². The van der Waals surface area contributed by atoms with E-state index in [9.17, 15) is 14.8 Å². The van der Waals surface area contributed by atoms with Crippen molar-refractivity contribution in [2.75, 3.05) is 6.54 Å². The Morgan fingerprint density at radius 2 is 2.28 bits per heavy atom. The number of hydrogen-bond acceptors (Lipinski definition) is 4. The molecule has 2 aliphatic heterocycles. The lowest BCUT2D eigenvalue weighted by Crippen LogP contribution is -2.59. The van der Waals surface area contributed by atoms with Gasteiger partial charge in [-0.15, -0.1) is 0 Å². The number of nitrogens with zero attached hydrogens (tertiary/aromatic N) is 2. The summed E-state index contributed by atoms with van der Waals surface area (Å²) in [4.78, 5) is 25.0. The standard InChI is InChI=1S/C12H20N2O4/c1-2-5-11(15)18-10-8-9-6-3-4-7-13(9)12(16)14(10)17/h9-10,17H,2-8H2,1H3. The second kappa shape index (κ2) is 5.56. The van der Waals surface area contributed by atoms with Crippen LogP contribution < -0.4 is 0 Å². The quantitative estimate of drug-likeness (QED) is 0.616. The van der Waals surface area contributed by atoms with Gasteiger partial charge < -0.3 is 9.64 Å². The van der Waals surface area contributed by atoms with Crippen LogP contribution in [0.3, 0.4) is 0 Å². The molecule has 1 N–H and O–H groups in total. The minimum atomic E-state index is -0.823. The summed E-state index contributed by atoms with van der Waals surface area (Å²) in [7, 11) is 0. The summed E-state index contributed by atoms with van der Waals surface area (Å²) in [6.45, 7) is 2.56. The molecule has 0 aromatic heterocycles. The van der Waals surface area contributed by atoms with E-state index in [1.54, 1.807) is 4.90 Å². The summed E-state index contributed by atoms with van der Waals surface area (Å²) >= 11 is 0.